The van der Waals surface area contributed by atoms with Gasteiger partial charge in [-0.3, -0.25) is 0 Å². The summed E-state index contributed by atoms with van der Waals surface area (Å²) >= 11 is 5.91. The Morgan fingerprint density at radius 1 is 1.43 bits per heavy atom. The summed E-state index contributed by atoms with van der Waals surface area (Å²) in [4.78, 5) is 11.7. The van der Waals surface area contributed by atoms with Crippen molar-refractivity contribution in [1.29, 1.82) is 0 Å². The van der Waals surface area contributed by atoms with Gasteiger partial charge in [0, 0.05) is 35.7 Å². The standard InChI is InChI=1S/C15H18ClFN2O2/c16-13-2-1-3-14(17)12(13)6-7-18-15(21)19-11-5-4-10(8-11)9-20/h1-5,10-11,20H,6-9H2,(H2,18,19,21)/t10-,11+/m0/s1. The first-order valence-corrected chi connectivity index (χ1v) is 7.24. The number of amides is 2. The van der Waals surface area contributed by atoms with Crippen molar-refractivity contribution in [3.63, 3.8) is 0 Å². The van der Waals surface area contributed by atoms with Gasteiger partial charge in [0.1, 0.15) is 5.82 Å². The smallest absolute Gasteiger partial charge is 0.315 e. The third kappa shape index (κ3) is 4.44. The van der Waals surface area contributed by atoms with Crippen LogP contribution in [0.4, 0.5) is 9.18 Å². The van der Waals surface area contributed by atoms with Gasteiger partial charge in [0.2, 0.25) is 0 Å². The predicted molar refractivity (Wildman–Crippen MR) is 79.8 cm³/mol. The summed E-state index contributed by atoms with van der Waals surface area (Å²) in [7, 11) is 0. The van der Waals surface area contributed by atoms with E-state index in [4.69, 9.17) is 16.7 Å². The maximum absolute atomic E-state index is 13.5. The van der Waals surface area contributed by atoms with Gasteiger partial charge in [-0.15, -0.1) is 0 Å². The maximum Gasteiger partial charge on any atom is 0.315 e. The van der Waals surface area contributed by atoms with E-state index in [1.165, 1.54) is 6.07 Å². The second kappa shape index (κ2) is 7.43. The minimum atomic E-state index is -0.366. The van der Waals surface area contributed by atoms with Crippen molar-refractivity contribution in [2.45, 2.75) is 18.9 Å². The SMILES string of the molecule is O=C(NCCc1c(F)cccc1Cl)N[C@@H]1C=C[C@H](CO)C1. The zero-order valence-corrected chi connectivity index (χ0v) is 12.2. The van der Waals surface area contributed by atoms with Crippen LogP contribution in [0.25, 0.3) is 0 Å². The zero-order valence-electron chi connectivity index (χ0n) is 11.5. The summed E-state index contributed by atoms with van der Waals surface area (Å²) in [5.74, 6) is -0.262. The molecule has 0 saturated carbocycles. The predicted octanol–water partition coefficient (Wildman–Crippen LogP) is 2.26. The number of benzene rings is 1. The van der Waals surface area contributed by atoms with Crippen LogP contribution in [-0.4, -0.2) is 30.3 Å². The van der Waals surface area contributed by atoms with E-state index in [2.05, 4.69) is 10.6 Å². The van der Waals surface area contributed by atoms with Gasteiger partial charge in [-0.25, -0.2) is 9.18 Å². The Morgan fingerprint density at radius 3 is 2.90 bits per heavy atom. The molecule has 0 spiro atoms. The molecular formula is C15H18ClFN2O2. The highest BCUT2D eigenvalue weighted by molar-refractivity contribution is 6.31. The van der Waals surface area contributed by atoms with Gasteiger partial charge in [-0.1, -0.05) is 29.8 Å². The fraction of sp³-hybridized carbons (Fsp3) is 0.400. The first-order chi connectivity index (χ1) is 10.1. The van der Waals surface area contributed by atoms with Crippen LogP contribution in [-0.2, 0) is 6.42 Å². The molecule has 0 heterocycles. The summed E-state index contributed by atoms with van der Waals surface area (Å²) in [5, 5.41) is 14.8. The Morgan fingerprint density at radius 2 is 2.24 bits per heavy atom. The number of nitrogens with one attached hydrogen (secondary N) is 2. The van der Waals surface area contributed by atoms with E-state index < -0.39 is 0 Å². The summed E-state index contributed by atoms with van der Waals surface area (Å²) in [6, 6.07) is 4.14. The molecule has 2 atom stereocenters. The molecule has 0 saturated heterocycles. The van der Waals surface area contributed by atoms with Gasteiger partial charge in [-0.2, -0.15) is 0 Å². The lowest BCUT2D eigenvalue weighted by Gasteiger charge is -2.14. The number of carbonyl (C=O) groups excluding carboxylic acids is 1. The van der Waals surface area contributed by atoms with Crippen LogP contribution in [0.5, 0.6) is 0 Å². The van der Waals surface area contributed by atoms with Crippen molar-refractivity contribution in [3.05, 3.63) is 46.8 Å². The van der Waals surface area contributed by atoms with Crippen molar-refractivity contribution >= 4 is 17.6 Å². The lowest BCUT2D eigenvalue weighted by molar-refractivity contribution is 0.231. The normalized spacial score (nSPS) is 20.5. The van der Waals surface area contributed by atoms with Crippen molar-refractivity contribution in [2.75, 3.05) is 13.2 Å². The molecule has 0 fully saturated rings. The average molecular weight is 313 g/mol. The molecule has 2 rings (SSSR count). The van der Waals surface area contributed by atoms with Gasteiger partial charge >= 0.3 is 6.03 Å². The summed E-state index contributed by atoms with van der Waals surface area (Å²) in [5.41, 5.74) is 0.403. The molecule has 0 aliphatic heterocycles. The fourth-order valence-electron chi connectivity index (χ4n) is 2.31. The topological polar surface area (TPSA) is 61.4 Å². The molecule has 0 aromatic heterocycles. The summed E-state index contributed by atoms with van der Waals surface area (Å²) in [6.45, 7) is 0.383. The number of aliphatic hydroxyl groups is 1. The van der Waals surface area contributed by atoms with Crippen molar-refractivity contribution in [3.8, 4) is 0 Å². The highest BCUT2D eigenvalue weighted by atomic mass is 35.5. The molecule has 6 heteroatoms. The summed E-state index contributed by atoms with van der Waals surface area (Å²) < 4.78 is 13.5. The number of urea groups is 1. The second-order valence-corrected chi connectivity index (χ2v) is 5.43. The summed E-state index contributed by atoms with van der Waals surface area (Å²) in [6.07, 6.45) is 4.79. The lowest BCUT2D eigenvalue weighted by Crippen LogP contribution is -2.41. The highest BCUT2D eigenvalue weighted by Crippen LogP contribution is 2.19. The molecule has 4 nitrogen and oxygen atoms in total. The fourth-order valence-corrected chi connectivity index (χ4v) is 2.57. The molecule has 0 unspecified atom stereocenters. The van der Waals surface area contributed by atoms with Crippen LogP contribution in [0.2, 0.25) is 5.02 Å². The van der Waals surface area contributed by atoms with Gasteiger partial charge in [-0.05, 0) is 25.0 Å². The van der Waals surface area contributed by atoms with Gasteiger partial charge in [0.05, 0.1) is 0 Å². The highest BCUT2D eigenvalue weighted by Gasteiger charge is 2.19. The number of halogens is 2. The van der Waals surface area contributed by atoms with Crippen LogP contribution in [0.3, 0.4) is 0 Å². The third-order valence-corrected chi connectivity index (χ3v) is 3.80. The Kier molecular flexibility index (Phi) is 5.59. The molecule has 114 valence electrons. The molecule has 1 aliphatic rings. The molecule has 21 heavy (non-hydrogen) atoms. The minimum Gasteiger partial charge on any atom is -0.396 e. The van der Waals surface area contributed by atoms with Gasteiger partial charge in [0.25, 0.3) is 0 Å². The van der Waals surface area contributed by atoms with E-state index in [0.717, 1.165) is 0 Å². The van der Waals surface area contributed by atoms with Crippen LogP contribution >= 0.6 is 11.6 Å². The van der Waals surface area contributed by atoms with E-state index in [1.54, 1.807) is 12.1 Å². The number of aliphatic hydroxyl groups excluding tert-OH is 1. The number of hydrogen-bond donors (Lipinski definition) is 3. The first-order valence-electron chi connectivity index (χ1n) is 6.86. The first kappa shape index (κ1) is 15.8. The minimum absolute atomic E-state index is 0.0702. The van der Waals surface area contributed by atoms with E-state index >= 15 is 0 Å². The maximum atomic E-state index is 13.5. The number of rotatable bonds is 5. The van der Waals surface area contributed by atoms with E-state index in [0.29, 0.717) is 30.0 Å². The average Bonchev–Trinajstić information content (AvgIpc) is 2.89. The van der Waals surface area contributed by atoms with Gasteiger partial charge in [0.15, 0.2) is 0 Å². The second-order valence-electron chi connectivity index (χ2n) is 5.02. The molecule has 0 radical (unpaired) electrons. The quantitative estimate of drug-likeness (QED) is 0.730. The Labute approximate surface area is 128 Å². The molecule has 2 amide bonds. The molecule has 1 aromatic rings. The molecule has 0 bridgehead atoms. The molecule has 3 N–H and O–H groups in total. The Bertz CT molecular complexity index is 516. The van der Waals surface area contributed by atoms with Crippen LogP contribution in [0, 0.1) is 11.7 Å². The Hall–Kier alpha value is -1.59. The number of carbonyl (C=O) groups is 1. The van der Waals surface area contributed by atoms with E-state index in [-0.39, 0.29) is 30.4 Å². The molecule has 1 aromatic carbocycles. The van der Waals surface area contributed by atoms with E-state index in [1.807, 2.05) is 12.2 Å². The van der Waals surface area contributed by atoms with Crippen molar-refractivity contribution < 1.29 is 14.3 Å². The van der Waals surface area contributed by atoms with Crippen molar-refractivity contribution in [2.24, 2.45) is 5.92 Å². The van der Waals surface area contributed by atoms with Crippen molar-refractivity contribution in [1.82, 2.24) is 10.6 Å². The molecular weight excluding hydrogens is 295 g/mol. The molecule has 1 aliphatic carbocycles. The van der Waals surface area contributed by atoms with E-state index in [9.17, 15) is 9.18 Å². The van der Waals surface area contributed by atoms with Crippen LogP contribution in [0.15, 0.2) is 30.4 Å². The number of hydrogen-bond acceptors (Lipinski definition) is 2. The Balaban J connectivity index is 1.74. The lowest BCUT2D eigenvalue weighted by atomic mass is 10.1. The van der Waals surface area contributed by atoms with Gasteiger partial charge < -0.3 is 15.7 Å². The largest absolute Gasteiger partial charge is 0.396 e. The van der Waals surface area contributed by atoms with Crippen LogP contribution in [0.1, 0.15) is 12.0 Å². The zero-order chi connectivity index (χ0) is 15.2. The monoisotopic (exact) mass is 312 g/mol. The van der Waals surface area contributed by atoms with Crippen LogP contribution < -0.4 is 10.6 Å². The third-order valence-electron chi connectivity index (χ3n) is 3.45.